The summed E-state index contributed by atoms with van der Waals surface area (Å²) in [6.45, 7) is 6.41. The average molecular weight is 234 g/mol. The van der Waals surface area contributed by atoms with E-state index in [4.69, 9.17) is 15.3 Å². The maximum absolute atomic E-state index is 10.2. The molecule has 0 rings (SSSR count). The van der Waals surface area contributed by atoms with Crippen LogP contribution in [0.1, 0.15) is 27.7 Å². The van der Waals surface area contributed by atoms with Crippen LogP contribution in [-0.2, 0) is 14.4 Å². The first-order chi connectivity index (χ1) is 7.11. The lowest BCUT2D eigenvalue weighted by Crippen LogP contribution is -2.25. The zero-order valence-electron chi connectivity index (χ0n) is 9.80. The Morgan fingerprint density at radius 2 is 1.31 bits per heavy atom. The molecule has 1 atom stereocenters. The van der Waals surface area contributed by atoms with Gasteiger partial charge in [-0.3, -0.25) is 4.79 Å². The minimum atomic E-state index is -1.35. The zero-order chi connectivity index (χ0) is 13.5. The van der Waals surface area contributed by atoms with Crippen molar-refractivity contribution in [3.63, 3.8) is 0 Å². The highest BCUT2D eigenvalue weighted by atomic mass is 16.4. The minimum Gasteiger partial charge on any atom is -0.479 e. The van der Waals surface area contributed by atoms with Crippen molar-refractivity contribution < 1.29 is 29.7 Å². The van der Waals surface area contributed by atoms with E-state index in [1.807, 2.05) is 0 Å². The van der Waals surface area contributed by atoms with Crippen molar-refractivity contribution in [3.8, 4) is 0 Å². The van der Waals surface area contributed by atoms with Gasteiger partial charge in [-0.2, -0.15) is 0 Å². The first-order valence-electron chi connectivity index (χ1n) is 4.79. The monoisotopic (exact) mass is 234 g/mol. The van der Waals surface area contributed by atoms with Gasteiger partial charge < -0.3 is 15.3 Å². The molecule has 16 heavy (non-hydrogen) atoms. The van der Waals surface area contributed by atoms with Gasteiger partial charge in [0.15, 0.2) is 6.10 Å². The normalized spacial score (nSPS) is 11.7. The smallest absolute Gasteiger partial charge is 0.372 e. The van der Waals surface area contributed by atoms with Crippen LogP contribution in [0.2, 0.25) is 0 Å². The molecule has 0 radical (unpaired) electrons. The first kappa shape index (κ1) is 17.0. The van der Waals surface area contributed by atoms with E-state index < -0.39 is 29.7 Å². The maximum atomic E-state index is 10.2. The standard InChI is InChI=1S/C5H10O3.C5H8O3/c2*1-3(2)4(6)5(7)8/h3-4,6H,1-2H3,(H,7,8);3H,1-2H3,(H,7,8)/t4-;/m0./s1. The third-order valence-electron chi connectivity index (χ3n) is 1.62. The molecule has 0 saturated heterocycles. The molecule has 0 unspecified atom stereocenters. The summed E-state index contributed by atoms with van der Waals surface area (Å²) in [5.74, 6) is -3.83. The van der Waals surface area contributed by atoms with Gasteiger partial charge in [-0.15, -0.1) is 0 Å². The Labute approximate surface area is 93.9 Å². The summed E-state index contributed by atoms with van der Waals surface area (Å²) in [5, 5.41) is 24.7. The number of carboxylic acid groups (broad SMARTS) is 2. The van der Waals surface area contributed by atoms with Crippen molar-refractivity contribution in [3.05, 3.63) is 0 Å². The fourth-order valence-electron chi connectivity index (χ4n) is 0.532. The Balaban J connectivity index is 0. The van der Waals surface area contributed by atoms with Crippen molar-refractivity contribution in [2.24, 2.45) is 11.8 Å². The van der Waals surface area contributed by atoms with Crippen LogP contribution in [0.25, 0.3) is 0 Å². The van der Waals surface area contributed by atoms with E-state index in [2.05, 4.69) is 0 Å². The fourth-order valence-corrected chi connectivity index (χ4v) is 0.532. The number of Topliss-reactive ketones (excluding diaryl/α,β-unsaturated/α-hetero) is 1. The number of hydrogen-bond donors (Lipinski definition) is 3. The molecule has 0 aliphatic heterocycles. The van der Waals surface area contributed by atoms with Gasteiger partial charge in [-0.05, 0) is 5.92 Å². The lowest BCUT2D eigenvalue weighted by atomic mass is 10.1. The quantitative estimate of drug-likeness (QED) is 0.606. The van der Waals surface area contributed by atoms with Crippen molar-refractivity contribution >= 4 is 17.7 Å². The highest BCUT2D eigenvalue weighted by Crippen LogP contribution is 1.99. The van der Waals surface area contributed by atoms with E-state index in [1.54, 1.807) is 27.7 Å². The van der Waals surface area contributed by atoms with Gasteiger partial charge in [-0.1, -0.05) is 27.7 Å². The van der Waals surface area contributed by atoms with E-state index >= 15 is 0 Å². The second-order valence-electron chi connectivity index (χ2n) is 3.85. The molecule has 3 N–H and O–H groups in total. The van der Waals surface area contributed by atoms with Crippen molar-refractivity contribution in [1.82, 2.24) is 0 Å². The van der Waals surface area contributed by atoms with Gasteiger partial charge in [0.1, 0.15) is 0 Å². The summed E-state index contributed by atoms with van der Waals surface area (Å²) in [6, 6.07) is 0. The summed E-state index contributed by atoms with van der Waals surface area (Å²) in [6.07, 6.45) is -1.21. The summed E-state index contributed by atoms with van der Waals surface area (Å²) < 4.78 is 0. The molecule has 0 spiro atoms. The van der Waals surface area contributed by atoms with Gasteiger partial charge in [0, 0.05) is 5.92 Å². The number of rotatable bonds is 4. The fraction of sp³-hybridized carbons (Fsp3) is 0.700. The SMILES string of the molecule is CC(C)C(=O)C(=O)O.CC(C)[C@H](O)C(=O)O. The molecule has 0 aliphatic rings. The summed E-state index contributed by atoms with van der Waals surface area (Å²) in [7, 11) is 0. The number of aliphatic carboxylic acids is 2. The van der Waals surface area contributed by atoms with Crippen LogP contribution in [0.4, 0.5) is 0 Å². The summed E-state index contributed by atoms with van der Waals surface area (Å²) in [5.41, 5.74) is 0. The molecule has 0 heterocycles. The predicted molar refractivity (Wildman–Crippen MR) is 56.0 cm³/mol. The topological polar surface area (TPSA) is 112 Å². The molecule has 0 aromatic rings. The van der Waals surface area contributed by atoms with Gasteiger partial charge >= 0.3 is 11.9 Å². The van der Waals surface area contributed by atoms with Gasteiger partial charge in [0.2, 0.25) is 5.78 Å². The third-order valence-corrected chi connectivity index (χ3v) is 1.62. The molecule has 0 aromatic carbocycles. The molecular weight excluding hydrogens is 216 g/mol. The Hall–Kier alpha value is -1.43. The lowest BCUT2D eigenvalue weighted by molar-refractivity contribution is -0.150. The van der Waals surface area contributed by atoms with Crippen LogP contribution in [0.3, 0.4) is 0 Å². The number of hydrogen-bond acceptors (Lipinski definition) is 4. The van der Waals surface area contributed by atoms with Gasteiger partial charge in [0.05, 0.1) is 0 Å². The molecule has 0 saturated carbocycles. The van der Waals surface area contributed by atoms with Crippen LogP contribution >= 0.6 is 0 Å². The van der Waals surface area contributed by atoms with Crippen molar-refractivity contribution in [2.45, 2.75) is 33.8 Å². The van der Waals surface area contributed by atoms with Gasteiger partial charge in [0.25, 0.3) is 0 Å². The highest BCUT2D eigenvalue weighted by molar-refractivity contribution is 6.33. The molecule has 6 heteroatoms. The van der Waals surface area contributed by atoms with Crippen LogP contribution < -0.4 is 0 Å². The van der Waals surface area contributed by atoms with Crippen LogP contribution in [0, 0.1) is 11.8 Å². The number of carbonyl (C=O) groups excluding carboxylic acids is 1. The molecule has 6 nitrogen and oxygen atoms in total. The average Bonchev–Trinajstić information content (AvgIpc) is 2.15. The van der Waals surface area contributed by atoms with Crippen molar-refractivity contribution in [2.75, 3.05) is 0 Å². The van der Waals surface area contributed by atoms with E-state index in [0.717, 1.165) is 0 Å². The Bertz CT molecular complexity index is 256. The predicted octanol–water partition coefficient (Wildman–Crippen LogP) is 0.384. The van der Waals surface area contributed by atoms with E-state index in [1.165, 1.54) is 0 Å². The molecule has 0 amide bonds. The van der Waals surface area contributed by atoms with Gasteiger partial charge in [-0.25, -0.2) is 9.59 Å². The Kier molecular flexibility index (Phi) is 8.29. The molecule has 0 aliphatic carbocycles. The highest BCUT2D eigenvalue weighted by Gasteiger charge is 2.16. The van der Waals surface area contributed by atoms with E-state index in [-0.39, 0.29) is 5.92 Å². The minimum absolute atomic E-state index is 0.201. The molecule has 94 valence electrons. The Morgan fingerprint density at radius 3 is 1.31 bits per heavy atom. The van der Waals surface area contributed by atoms with Crippen LogP contribution in [0.5, 0.6) is 0 Å². The molecule has 0 fully saturated rings. The van der Waals surface area contributed by atoms with E-state index in [0.29, 0.717) is 0 Å². The Morgan fingerprint density at radius 1 is 0.938 bits per heavy atom. The number of carboxylic acids is 2. The zero-order valence-corrected chi connectivity index (χ0v) is 9.80. The summed E-state index contributed by atoms with van der Waals surface area (Å²) in [4.78, 5) is 29.9. The second kappa shape index (κ2) is 7.81. The van der Waals surface area contributed by atoms with E-state index in [9.17, 15) is 14.4 Å². The molecule has 0 bridgehead atoms. The lowest BCUT2D eigenvalue weighted by Gasteiger charge is -2.06. The number of aliphatic hydroxyl groups is 1. The molecule has 0 aromatic heterocycles. The number of aliphatic hydroxyl groups excluding tert-OH is 1. The maximum Gasteiger partial charge on any atom is 0.372 e. The molecular formula is C10H18O6. The number of carbonyl (C=O) groups is 3. The number of ketones is 1. The van der Waals surface area contributed by atoms with Crippen LogP contribution in [0.15, 0.2) is 0 Å². The first-order valence-corrected chi connectivity index (χ1v) is 4.79. The third kappa shape index (κ3) is 7.93. The largest absolute Gasteiger partial charge is 0.479 e. The summed E-state index contributed by atoms with van der Waals surface area (Å²) >= 11 is 0. The second-order valence-corrected chi connectivity index (χ2v) is 3.85. The van der Waals surface area contributed by atoms with Crippen LogP contribution in [-0.4, -0.2) is 39.1 Å². The van der Waals surface area contributed by atoms with Crippen molar-refractivity contribution in [1.29, 1.82) is 0 Å².